The molecular weight excluding hydrogens is 391 g/mol. The van der Waals surface area contributed by atoms with E-state index in [1.165, 1.54) is 4.57 Å². The Morgan fingerprint density at radius 1 is 1.07 bits per heavy atom. The second-order valence-corrected chi connectivity index (χ2v) is 8.04. The first-order chi connectivity index (χ1) is 14.3. The van der Waals surface area contributed by atoms with Crippen molar-refractivity contribution in [2.24, 2.45) is 5.92 Å². The zero-order valence-electron chi connectivity index (χ0n) is 16.8. The average Bonchev–Trinajstić information content (AvgIpc) is 3.09. The van der Waals surface area contributed by atoms with E-state index in [2.05, 4.69) is 9.88 Å². The van der Waals surface area contributed by atoms with Crippen LogP contribution in [0.3, 0.4) is 0 Å². The average molecular weight is 415 g/mol. The summed E-state index contributed by atoms with van der Waals surface area (Å²) in [5.41, 5.74) is 2.69. The van der Waals surface area contributed by atoms with Crippen LogP contribution in [0.5, 0.6) is 0 Å². The highest BCUT2D eigenvalue weighted by molar-refractivity contribution is 5.97. The number of aryl methyl sites for hydroxylation is 1. The fourth-order valence-electron chi connectivity index (χ4n) is 4.10. The number of likely N-dealkylation sites (tertiary alicyclic amines) is 1. The summed E-state index contributed by atoms with van der Waals surface area (Å²) in [6.45, 7) is 4.02. The molecule has 3 aromatic rings. The van der Waals surface area contributed by atoms with E-state index in [-0.39, 0.29) is 18.2 Å². The summed E-state index contributed by atoms with van der Waals surface area (Å²) < 4.78 is 41.8. The number of carbonyl (C=O) groups is 1. The van der Waals surface area contributed by atoms with Gasteiger partial charge in [0, 0.05) is 12.1 Å². The molecule has 4 rings (SSSR count). The molecule has 0 unspecified atom stereocenters. The van der Waals surface area contributed by atoms with Crippen LogP contribution in [0.2, 0.25) is 0 Å². The number of aromatic nitrogens is 2. The molecule has 2 heterocycles. The van der Waals surface area contributed by atoms with E-state index in [9.17, 15) is 18.0 Å². The highest BCUT2D eigenvalue weighted by Crippen LogP contribution is 2.33. The predicted molar refractivity (Wildman–Crippen MR) is 109 cm³/mol. The van der Waals surface area contributed by atoms with E-state index in [0.717, 1.165) is 18.4 Å². The molecule has 0 spiro atoms. The summed E-state index contributed by atoms with van der Waals surface area (Å²) in [6.07, 6.45) is -2.98. The number of fused-ring (bicyclic) bond motifs is 1. The SMILES string of the molecule is Cc1ccc(C(=O)CN2CCC(Cn3c(C(F)(F)F)nc4ccccc43)CC2)cc1. The maximum atomic E-state index is 13.5. The number of halogens is 3. The summed E-state index contributed by atoms with van der Waals surface area (Å²) >= 11 is 0. The number of imidazole rings is 1. The smallest absolute Gasteiger partial charge is 0.320 e. The van der Waals surface area contributed by atoms with E-state index in [1.807, 2.05) is 31.2 Å². The quantitative estimate of drug-likeness (QED) is 0.553. The van der Waals surface area contributed by atoms with Crippen LogP contribution in [0.1, 0.15) is 34.6 Å². The van der Waals surface area contributed by atoms with Crippen LogP contribution in [-0.4, -0.2) is 39.9 Å². The molecule has 1 aliphatic rings. The Kier molecular flexibility index (Phi) is 5.64. The molecule has 30 heavy (non-hydrogen) atoms. The molecule has 7 heteroatoms. The second-order valence-electron chi connectivity index (χ2n) is 8.04. The van der Waals surface area contributed by atoms with Gasteiger partial charge in [0.1, 0.15) is 0 Å². The third-order valence-corrected chi connectivity index (χ3v) is 5.80. The standard InChI is InChI=1S/C23H24F3N3O/c1-16-6-8-18(9-7-16)21(30)15-28-12-10-17(11-13-28)14-29-20-5-3-2-4-19(20)27-22(29)23(24,25)26/h2-9,17H,10-15H2,1H3. The molecule has 1 fully saturated rings. The normalized spacial score (nSPS) is 16.3. The van der Waals surface area contributed by atoms with Crippen molar-refractivity contribution in [3.8, 4) is 0 Å². The van der Waals surface area contributed by atoms with E-state index in [4.69, 9.17) is 0 Å². The van der Waals surface area contributed by atoms with Gasteiger partial charge >= 0.3 is 6.18 Å². The lowest BCUT2D eigenvalue weighted by molar-refractivity contribution is -0.147. The molecule has 2 aromatic carbocycles. The van der Waals surface area contributed by atoms with Crippen LogP contribution in [0.25, 0.3) is 11.0 Å². The van der Waals surface area contributed by atoms with Crippen LogP contribution >= 0.6 is 0 Å². The lowest BCUT2D eigenvalue weighted by Gasteiger charge is -2.32. The van der Waals surface area contributed by atoms with Gasteiger partial charge in [-0.1, -0.05) is 42.0 Å². The molecule has 0 radical (unpaired) electrons. The topological polar surface area (TPSA) is 38.1 Å². The zero-order valence-corrected chi connectivity index (χ0v) is 16.8. The molecule has 1 aliphatic heterocycles. The minimum Gasteiger partial charge on any atom is -0.320 e. The first-order valence-corrected chi connectivity index (χ1v) is 10.2. The van der Waals surface area contributed by atoms with E-state index >= 15 is 0 Å². The first kappa shape index (κ1) is 20.6. The van der Waals surface area contributed by atoms with Gasteiger partial charge in [-0.3, -0.25) is 9.69 Å². The van der Waals surface area contributed by atoms with Crippen LogP contribution in [0, 0.1) is 12.8 Å². The molecule has 0 saturated carbocycles. The Hall–Kier alpha value is -2.67. The van der Waals surface area contributed by atoms with Crippen LogP contribution in [0.15, 0.2) is 48.5 Å². The summed E-state index contributed by atoms with van der Waals surface area (Å²) in [4.78, 5) is 18.4. The van der Waals surface area contributed by atoms with Crippen molar-refractivity contribution < 1.29 is 18.0 Å². The third kappa shape index (κ3) is 4.41. The first-order valence-electron chi connectivity index (χ1n) is 10.2. The van der Waals surface area contributed by atoms with Gasteiger partial charge in [0.2, 0.25) is 5.82 Å². The Morgan fingerprint density at radius 3 is 2.40 bits per heavy atom. The molecule has 0 atom stereocenters. The van der Waals surface area contributed by atoms with Gasteiger partial charge in [-0.05, 0) is 50.9 Å². The molecule has 0 amide bonds. The van der Waals surface area contributed by atoms with Crippen molar-refractivity contribution >= 4 is 16.8 Å². The lowest BCUT2D eigenvalue weighted by atomic mass is 9.96. The second kappa shape index (κ2) is 8.22. The van der Waals surface area contributed by atoms with E-state index in [0.29, 0.717) is 36.2 Å². The Balaban J connectivity index is 1.41. The number of para-hydroxylation sites is 2. The fraction of sp³-hybridized carbons (Fsp3) is 0.391. The number of carbonyl (C=O) groups excluding carboxylic acids is 1. The summed E-state index contributed by atoms with van der Waals surface area (Å²) in [5.74, 6) is -0.636. The number of rotatable bonds is 5. The molecule has 0 bridgehead atoms. The van der Waals surface area contributed by atoms with Crippen molar-refractivity contribution in [3.05, 3.63) is 65.5 Å². The number of alkyl halides is 3. The van der Waals surface area contributed by atoms with Crippen molar-refractivity contribution in [1.29, 1.82) is 0 Å². The molecular formula is C23H24F3N3O. The molecule has 0 N–H and O–H groups in total. The summed E-state index contributed by atoms with van der Waals surface area (Å²) in [7, 11) is 0. The number of Topliss-reactive ketones (excluding diaryl/α,β-unsaturated/α-hetero) is 1. The fourth-order valence-corrected chi connectivity index (χ4v) is 4.10. The predicted octanol–water partition coefficient (Wildman–Crippen LogP) is 4.96. The molecule has 0 aliphatic carbocycles. The number of ketones is 1. The number of piperidine rings is 1. The molecule has 1 aromatic heterocycles. The number of hydrogen-bond acceptors (Lipinski definition) is 3. The minimum atomic E-state index is -4.49. The number of hydrogen-bond donors (Lipinski definition) is 0. The summed E-state index contributed by atoms with van der Waals surface area (Å²) in [5, 5.41) is 0. The van der Waals surface area contributed by atoms with Crippen molar-refractivity contribution in [2.45, 2.75) is 32.5 Å². The number of nitrogens with zero attached hydrogens (tertiary/aromatic N) is 3. The van der Waals surface area contributed by atoms with Gasteiger partial charge in [0.25, 0.3) is 0 Å². The maximum absolute atomic E-state index is 13.5. The van der Waals surface area contributed by atoms with E-state index in [1.54, 1.807) is 24.3 Å². The molecule has 1 saturated heterocycles. The minimum absolute atomic E-state index is 0.0772. The summed E-state index contributed by atoms with van der Waals surface area (Å²) in [6, 6.07) is 14.3. The monoisotopic (exact) mass is 415 g/mol. The van der Waals surface area contributed by atoms with E-state index < -0.39 is 12.0 Å². The van der Waals surface area contributed by atoms with Gasteiger partial charge < -0.3 is 4.57 Å². The van der Waals surface area contributed by atoms with Gasteiger partial charge in [-0.2, -0.15) is 13.2 Å². The van der Waals surface area contributed by atoms with Crippen molar-refractivity contribution in [3.63, 3.8) is 0 Å². The number of benzene rings is 2. The van der Waals surface area contributed by atoms with Gasteiger partial charge in [-0.25, -0.2) is 4.98 Å². The highest BCUT2D eigenvalue weighted by Gasteiger charge is 2.38. The highest BCUT2D eigenvalue weighted by atomic mass is 19.4. The lowest BCUT2D eigenvalue weighted by Crippen LogP contribution is -2.38. The Labute approximate surface area is 173 Å². The van der Waals surface area contributed by atoms with Crippen LogP contribution in [-0.2, 0) is 12.7 Å². The van der Waals surface area contributed by atoms with Gasteiger partial charge in [0.05, 0.1) is 17.6 Å². The van der Waals surface area contributed by atoms with Crippen LogP contribution < -0.4 is 0 Å². The zero-order chi connectivity index (χ0) is 21.3. The molecule has 158 valence electrons. The largest absolute Gasteiger partial charge is 0.449 e. The van der Waals surface area contributed by atoms with Gasteiger partial charge in [0.15, 0.2) is 5.78 Å². The third-order valence-electron chi connectivity index (χ3n) is 5.80. The maximum Gasteiger partial charge on any atom is 0.449 e. The molecule has 4 nitrogen and oxygen atoms in total. The van der Waals surface area contributed by atoms with Gasteiger partial charge in [-0.15, -0.1) is 0 Å². The Bertz CT molecular complexity index is 1030. The van der Waals surface area contributed by atoms with Crippen molar-refractivity contribution in [1.82, 2.24) is 14.5 Å². The Morgan fingerprint density at radius 2 is 1.73 bits per heavy atom. The van der Waals surface area contributed by atoms with Crippen LogP contribution in [0.4, 0.5) is 13.2 Å². The van der Waals surface area contributed by atoms with Crippen molar-refractivity contribution in [2.75, 3.05) is 19.6 Å².